The Bertz CT molecular complexity index is 167. The van der Waals surface area contributed by atoms with Crippen LogP contribution in [0.25, 0.3) is 0 Å². The van der Waals surface area contributed by atoms with Gasteiger partial charge in [0, 0.05) is 12.8 Å². The number of alkyl halides is 7. The molecule has 0 aliphatic carbocycles. The van der Waals surface area contributed by atoms with Gasteiger partial charge in [-0.3, -0.25) is 0 Å². The second kappa shape index (κ2) is 3.32. The van der Waals surface area contributed by atoms with E-state index < -0.39 is 31.0 Å². The van der Waals surface area contributed by atoms with Crippen LogP contribution in [0, 0.1) is 0 Å². The van der Waals surface area contributed by atoms with E-state index in [1.54, 1.807) is 0 Å². The number of hydrogen-bond acceptors (Lipinski definition) is 1. The summed E-state index contributed by atoms with van der Waals surface area (Å²) >= 11 is 0. The lowest BCUT2D eigenvalue weighted by molar-refractivity contribution is -0.295. The van der Waals surface area contributed by atoms with Gasteiger partial charge in [0.2, 0.25) is 0 Å². The summed E-state index contributed by atoms with van der Waals surface area (Å²) in [6.45, 7) is 0. The predicted molar refractivity (Wildman–Crippen MR) is 27.4 cm³/mol. The molecular weight excluding hydrogens is 209 g/mol. The molecular formula is C5H5F7O. The largest absolute Gasteiger partial charge is 0.453 e. The van der Waals surface area contributed by atoms with E-state index in [0.29, 0.717) is 0 Å². The fourth-order valence-corrected chi connectivity index (χ4v) is 0.449. The predicted octanol–water partition coefficient (Wildman–Crippen LogP) is 2.55. The van der Waals surface area contributed by atoms with Gasteiger partial charge >= 0.3 is 18.2 Å². The van der Waals surface area contributed by atoms with Crippen LogP contribution in [0.4, 0.5) is 30.7 Å². The summed E-state index contributed by atoms with van der Waals surface area (Å²) in [6.07, 6.45) is -14.4. The third-order valence-electron chi connectivity index (χ3n) is 1.15. The zero-order valence-corrected chi connectivity index (χ0v) is 6.01. The van der Waals surface area contributed by atoms with Crippen LogP contribution in [0.15, 0.2) is 0 Å². The van der Waals surface area contributed by atoms with Crippen molar-refractivity contribution in [3.63, 3.8) is 0 Å². The molecule has 0 unspecified atom stereocenters. The maximum Gasteiger partial charge on any atom is 0.453 e. The zero-order chi connectivity index (χ0) is 10.9. The maximum absolute atomic E-state index is 11.9. The van der Waals surface area contributed by atoms with Crippen molar-refractivity contribution in [3.05, 3.63) is 0 Å². The van der Waals surface area contributed by atoms with Gasteiger partial charge in [0.1, 0.15) is 0 Å². The molecule has 1 N–H and O–H groups in total. The summed E-state index contributed by atoms with van der Waals surface area (Å²) in [5, 5.41) is 7.61. The van der Waals surface area contributed by atoms with E-state index in [9.17, 15) is 30.7 Å². The average Bonchev–Trinajstić information content (AvgIpc) is 1.79. The molecule has 0 radical (unpaired) electrons. The molecule has 13 heavy (non-hydrogen) atoms. The molecule has 0 aliphatic rings. The van der Waals surface area contributed by atoms with E-state index in [0.717, 1.165) is 0 Å². The topological polar surface area (TPSA) is 20.2 Å². The van der Waals surface area contributed by atoms with Crippen molar-refractivity contribution in [3.8, 4) is 0 Å². The van der Waals surface area contributed by atoms with E-state index in [1.807, 2.05) is 0 Å². The van der Waals surface area contributed by atoms with Gasteiger partial charge in [0.05, 0.1) is 0 Å². The number of rotatable bonds is 3. The highest BCUT2D eigenvalue weighted by atomic mass is 19.4. The van der Waals surface area contributed by atoms with Gasteiger partial charge in [0.25, 0.3) is 0 Å². The minimum Gasteiger partial charge on any atom is -0.336 e. The summed E-state index contributed by atoms with van der Waals surface area (Å²) in [5.41, 5.74) is 0. The Morgan fingerprint density at radius 2 is 1.15 bits per heavy atom. The average molecular weight is 214 g/mol. The lowest BCUT2D eigenvalue weighted by Crippen LogP contribution is -2.37. The van der Waals surface area contributed by atoms with E-state index >= 15 is 0 Å². The first-order valence-corrected chi connectivity index (χ1v) is 3.00. The highest BCUT2D eigenvalue weighted by Crippen LogP contribution is 2.40. The van der Waals surface area contributed by atoms with Crippen molar-refractivity contribution in [1.82, 2.24) is 0 Å². The number of aliphatic hydroxyl groups is 1. The molecule has 0 atom stereocenters. The van der Waals surface area contributed by atoms with Crippen molar-refractivity contribution >= 4 is 0 Å². The monoisotopic (exact) mass is 214 g/mol. The van der Waals surface area contributed by atoms with Crippen LogP contribution in [0.3, 0.4) is 0 Å². The second-order valence-electron chi connectivity index (χ2n) is 2.37. The quantitative estimate of drug-likeness (QED) is 0.715. The fraction of sp³-hybridized carbons (Fsp3) is 1.00. The van der Waals surface area contributed by atoms with Crippen LogP contribution in [-0.4, -0.2) is 23.3 Å². The van der Waals surface area contributed by atoms with Gasteiger partial charge in [-0.1, -0.05) is 0 Å². The molecule has 0 aromatic heterocycles. The van der Waals surface area contributed by atoms with Crippen molar-refractivity contribution in [2.75, 3.05) is 0 Å². The standard InChI is InChI=1S/C5H5F7O/c6-3(7,5(10,11)12)1-2-4(8,9)13/h13H,1-2H2. The smallest absolute Gasteiger partial charge is 0.336 e. The molecule has 0 heterocycles. The minimum absolute atomic E-state index is 1.93. The third-order valence-corrected chi connectivity index (χ3v) is 1.15. The SMILES string of the molecule is OC(F)(F)CCC(F)(F)C(F)(F)F. The molecule has 0 aromatic carbocycles. The Morgan fingerprint density at radius 1 is 0.769 bits per heavy atom. The first kappa shape index (κ1) is 12.5. The van der Waals surface area contributed by atoms with Gasteiger partial charge in [-0.15, -0.1) is 0 Å². The summed E-state index contributed by atoms with van der Waals surface area (Å²) in [5.74, 6) is -5.20. The molecule has 0 fully saturated rings. The molecule has 8 heteroatoms. The molecule has 0 bridgehead atoms. The van der Waals surface area contributed by atoms with Gasteiger partial charge in [-0.25, -0.2) is 0 Å². The van der Waals surface area contributed by atoms with Gasteiger partial charge in [-0.05, 0) is 0 Å². The van der Waals surface area contributed by atoms with E-state index in [1.165, 1.54) is 0 Å². The van der Waals surface area contributed by atoms with Crippen molar-refractivity contribution in [2.24, 2.45) is 0 Å². The molecule has 0 rings (SSSR count). The van der Waals surface area contributed by atoms with Crippen LogP contribution in [0.2, 0.25) is 0 Å². The molecule has 0 saturated heterocycles. The molecule has 0 spiro atoms. The van der Waals surface area contributed by atoms with Crippen molar-refractivity contribution < 1.29 is 35.8 Å². The second-order valence-corrected chi connectivity index (χ2v) is 2.37. The lowest BCUT2D eigenvalue weighted by atomic mass is 10.1. The first-order valence-electron chi connectivity index (χ1n) is 3.00. The highest BCUT2D eigenvalue weighted by Gasteiger charge is 2.57. The third kappa shape index (κ3) is 4.30. The van der Waals surface area contributed by atoms with E-state index in [2.05, 4.69) is 0 Å². The highest BCUT2D eigenvalue weighted by molar-refractivity contribution is 4.76. The van der Waals surface area contributed by atoms with Crippen LogP contribution >= 0.6 is 0 Å². The van der Waals surface area contributed by atoms with Crippen molar-refractivity contribution in [2.45, 2.75) is 31.0 Å². The number of halogens is 7. The van der Waals surface area contributed by atoms with Gasteiger partial charge in [0.15, 0.2) is 0 Å². The van der Waals surface area contributed by atoms with Crippen LogP contribution in [0.5, 0.6) is 0 Å². The van der Waals surface area contributed by atoms with E-state index in [4.69, 9.17) is 5.11 Å². The first-order chi connectivity index (χ1) is 5.46. The van der Waals surface area contributed by atoms with E-state index in [-0.39, 0.29) is 0 Å². The summed E-state index contributed by atoms with van der Waals surface area (Å²) in [7, 11) is 0. The molecule has 0 aromatic rings. The Balaban J connectivity index is 4.21. The summed E-state index contributed by atoms with van der Waals surface area (Å²) in [4.78, 5) is 0. The molecule has 0 saturated carbocycles. The van der Waals surface area contributed by atoms with Gasteiger partial charge < -0.3 is 5.11 Å². The fourth-order valence-electron chi connectivity index (χ4n) is 0.449. The lowest BCUT2D eigenvalue weighted by Gasteiger charge is -2.20. The Labute approximate surface area is 68.2 Å². The Kier molecular flexibility index (Phi) is 3.18. The Hall–Kier alpha value is -0.530. The summed E-state index contributed by atoms with van der Waals surface area (Å²) in [6, 6.07) is 0. The normalized spacial score (nSPS) is 14.8. The van der Waals surface area contributed by atoms with Crippen LogP contribution in [0.1, 0.15) is 12.8 Å². The molecule has 0 aliphatic heterocycles. The Morgan fingerprint density at radius 3 is 1.38 bits per heavy atom. The van der Waals surface area contributed by atoms with Crippen molar-refractivity contribution in [1.29, 1.82) is 0 Å². The molecule has 0 amide bonds. The minimum atomic E-state index is -5.86. The van der Waals surface area contributed by atoms with Crippen LogP contribution < -0.4 is 0 Å². The number of hydrogen-bond donors (Lipinski definition) is 1. The molecule has 1 nitrogen and oxygen atoms in total. The van der Waals surface area contributed by atoms with Crippen LogP contribution in [-0.2, 0) is 0 Å². The summed E-state index contributed by atoms with van der Waals surface area (Å²) < 4.78 is 80.8. The molecule has 80 valence electrons. The maximum atomic E-state index is 11.9. The van der Waals surface area contributed by atoms with Gasteiger partial charge in [-0.2, -0.15) is 30.7 Å². The zero-order valence-electron chi connectivity index (χ0n) is 6.01.